The van der Waals surface area contributed by atoms with E-state index in [1.165, 1.54) is 12.8 Å². The Bertz CT molecular complexity index is 511. The molecule has 1 aliphatic rings. The Morgan fingerprint density at radius 1 is 1.50 bits per heavy atom. The molecule has 6 nitrogen and oxygen atoms in total. The molecule has 7 heteroatoms. The molecule has 0 aromatic carbocycles. The zero-order valence-electron chi connectivity index (χ0n) is 11.6. The lowest BCUT2D eigenvalue weighted by Crippen LogP contribution is -2.40. The van der Waals surface area contributed by atoms with Gasteiger partial charge < -0.3 is 15.7 Å². The summed E-state index contributed by atoms with van der Waals surface area (Å²) < 4.78 is 0. The highest BCUT2D eigenvalue weighted by Crippen LogP contribution is 2.33. The van der Waals surface area contributed by atoms with Crippen LogP contribution in [-0.2, 0) is 6.54 Å². The summed E-state index contributed by atoms with van der Waals surface area (Å²) in [5, 5.41) is 15.1. The number of aromatic carboxylic acids is 1. The van der Waals surface area contributed by atoms with Crippen LogP contribution in [0.25, 0.3) is 0 Å². The molecule has 1 saturated carbocycles. The Labute approximate surface area is 121 Å². The van der Waals surface area contributed by atoms with Gasteiger partial charge in [-0.05, 0) is 26.2 Å². The second kappa shape index (κ2) is 6.21. The van der Waals surface area contributed by atoms with Crippen LogP contribution < -0.4 is 10.6 Å². The molecule has 0 spiro atoms. The number of nitrogens with zero attached hydrogens (tertiary/aromatic N) is 1. The summed E-state index contributed by atoms with van der Waals surface area (Å²) in [5.41, 5.74) is 0.488. The van der Waals surface area contributed by atoms with Crippen LogP contribution in [0.5, 0.6) is 0 Å². The summed E-state index contributed by atoms with van der Waals surface area (Å²) in [7, 11) is 0. The van der Waals surface area contributed by atoms with Gasteiger partial charge in [0.25, 0.3) is 0 Å². The van der Waals surface area contributed by atoms with Gasteiger partial charge in [-0.1, -0.05) is 12.8 Å². The van der Waals surface area contributed by atoms with Crippen LogP contribution in [-0.4, -0.2) is 28.1 Å². The van der Waals surface area contributed by atoms with Crippen molar-refractivity contribution < 1.29 is 14.7 Å². The highest BCUT2D eigenvalue weighted by atomic mass is 32.1. The third-order valence-electron chi connectivity index (χ3n) is 3.20. The quantitative estimate of drug-likeness (QED) is 0.750. The number of urea groups is 1. The number of nitrogens with one attached hydrogen (secondary N) is 2. The molecule has 20 heavy (non-hydrogen) atoms. The SMILES string of the molecule is Cc1nc(CNC(=O)NC(C)CC2CC2)sc1C(=O)O. The van der Waals surface area contributed by atoms with Gasteiger partial charge >= 0.3 is 12.0 Å². The molecule has 1 aromatic rings. The van der Waals surface area contributed by atoms with E-state index in [1.54, 1.807) is 6.92 Å². The molecule has 1 heterocycles. The minimum atomic E-state index is -0.978. The van der Waals surface area contributed by atoms with Gasteiger partial charge in [-0.25, -0.2) is 14.6 Å². The van der Waals surface area contributed by atoms with Crippen molar-refractivity contribution in [2.45, 2.75) is 45.7 Å². The molecule has 0 aliphatic heterocycles. The lowest BCUT2D eigenvalue weighted by molar-refractivity contribution is 0.0701. The van der Waals surface area contributed by atoms with Crippen molar-refractivity contribution in [1.82, 2.24) is 15.6 Å². The normalized spacial score (nSPS) is 15.7. The van der Waals surface area contributed by atoms with E-state index in [2.05, 4.69) is 15.6 Å². The van der Waals surface area contributed by atoms with E-state index in [0.29, 0.717) is 10.7 Å². The summed E-state index contributed by atoms with van der Waals surface area (Å²) in [6.45, 7) is 3.90. The molecular formula is C13H19N3O3S. The summed E-state index contributed by atoms with van der Waals surface area (Å²) in [4.78, 5) is 27.0. The standard InChI is InChI=1S/C13H19N3O3S/c1-7(5-9-3-4-9)15-13(19)14-6-10-16-8(2)11(20-10)12(17)18/h7,9H,3-6H2,1-2H3,(H,17,18)(H2,14,15,19). The van der Waals surface area contributed by atoms with Crippen LogP contribution >= 0.6 is 11.3 Å². The van der Waals surface area contributed by atoms with Crippen molar-refractivity contribution in [2.75, 3.05) is 0 Å². The van der Waals surface area contributed by atoms with Gasteiger partial charge in [-0.3, -0.25) is 0 Å². The molecule has 1 atom stereocenters. The van der Waals surface area contributed by atoms with Gasteiger partial charge in [-0.15, -0.1) is 11.3 Å². The molecule has 3 N–H and O–H groups in total. The highest BCUT2D eigenvalue weighted by Gasteiger charge is 2.24. The van der Waals surface area contributed by atoms with Crippen molar-refractivity contribution in [1.29, 1.82) is 0 Å². The van der Waals surface area contributed by atoms with Gasteiger partial charge in [0.05, 0.1) is 12.2 Å². The molecule has 0 saturated heterocycles. The minimum Gasteiger partial charge on any atom is -0.477 e. The predicted octanol–water partition coefficient (Wildman–Crippen LogP) is 2.14. The van der Waals surface area contributed by atoms with E-state index in [9.17, 15) is 9.59 Å². The first-order valence-electron chi connectivity index (χ1n) is 6.69. The Hall–Kier alpha value is -1.63. The summed E-state index contributed by atoms with van der Waals surface area (Å²) >= 11 is 1.10. The molecule has 1 aliphatic carbocycles. The molecule has 1 unspecified atom stereocenters. The monoisotopic (exact) mass is 297 g/mol. The Morgan fingerprint density at radius 2 is 2.20 bits per heavy atom. The van der Waals surface area contributed by atoms with Crippen LogP contribution in [0.15, 0.2) is 0 Å². The number of hydrogen-bond acceptors (Lipinski definition) is 4. The zero-order chi connectivity index (χ0) is 14.7. The third-order valence-corrected chi connectivity index (χ3v) is 4.34. The van der Waals surface area contributed by atoms with E-state index < -0.39 is 5.97 Å². The number of hydrogen-bond donors (Lipinski definition) is 3. The van der Waals surface area contributed by atoms with Gasteiger partial charge in [0.15, 0.2) is 0 Å². The zero-order valence-corrected chi connectivity index (χ0v) is 12.4. The van der Waals surface area contributed by atoms with Crippen LogP contribution in [0.3, 0.4) is 0 Å². The van der Waals surface area contributed by atoms with Crippen molar-refractivity contribution >= 4 is 23.3 Å². The highest BCUT2D eigenvalue weighted by molar-refractivity contribution is 7.13. The van der Waals surface area contributed by atoms with E-state index >= 15 is 0 Å². The van der Waals surface area contributed by atoms with E-state index in [-0.39, 0.29) is 23.5 Å². The van der Waals surface area contributed by atoms with E-state index in [4.69, 9.17) is 5.11 Å². The lowest BCUT2D eigenvalue weighted by Gasteiger charge is -2.13. The van der Waals surface area contributed by atoms with Crippen molar-refractivity contribution in [3.8, 4) is 0 Å². The fourth-order valence-corrected chi connectivity index (χ4v) is 2.91. The van der Waals surface area contributed by atoms with Gasteiger partial charge in [0.1, 0.15) is 9.88 Å². The second-order valence-electron chi connectivity index (χ2n) is 5.23. The van der Waals surface area contributed by atoms with Crippen LogP contribution in [0.2, 0.25) is 0 Å². The maximum Gasteiger partial charge on any atom is 0.347 e. The maximum absolute atomic E-state index is 11.7. The predicted molar refractivity (Wildman–Crippen MR) is 76.0 cm³/mol. The number of aryl methyl sites for hydroxylation is 1. The van der Waals surface area contributed by atoms with Gasteiger partial charge in [0, 0.05) is 6.04 Å². The minimum absolute atomic E-state index is 0.162. The number of carbonyl (C=O) groups excluding carboxylic acids is 1. The molecule has 2 rings (SSSR count). The second-order valence-corrected chi connectivity index (χ2v) is 6.32. The fourth-order valence-electron chi connectivity index (χ4n) is 2.07. The number of thiazole rings is 1. The van der Waals surface area contributed by atoms with Crippen molar-refractivity contribution in [2.24, 2.45) is 5.92 Å². The average Bonchev–Trinajstić information content (AvgIpc) is 3.07. The van der Waals surface area contributed by atoms with Crippen LogP contribution in [0, 0.1) is 12.8 Å². The summed E-state index contributed by atoms with van der Waals surface area (Å²) in [6.07, 6.45) is 3.56. The first kappa shape index (κ1) is 14.8. The smallest absolute Gasteiger partial charge is 0.347 e. The lowest BCUT2D eigenvalue weighted by atomic mass is 10.2. The Morgan fingerprint density at radius 3 is 2.75 bits per heavy atom. The number of amides is 2. The van der Waals surface area contributed by atoms with Gasteiger partial charge in [0.2, 0.25) is 0 Å². The molecule has 1 fully saturated rings. The van der Waals surface area contributed by atoms with E-state index in [1.807, 2.05) is 6.92 Å². The Balaban J connectivity index is 1.77. The average molecular weight is 297 g/mol. The largest absolute Gasteiger partial charge is 0.477 e. The number of aromatic nitrogens is 1. The number of carboxylic acid groups (broad SMARTS) is 1. The molecule has 0 radical (unpaired) electrons. The third kappa shape index (κ3) is 4.19. The number of carboxylic acids is 1. The molecule has 0 bridgehead atoms. The molecule has 110 valence electrons. The van der Waals surface area contributed by atoms with Crippen LogP contribution in [0.4, 0.5) is 4.79 Å². The van der Waals surface area contributed by atoms with Gasteiger partial charge in [-0.2, -0.15) is 0 Å². The molecular weight excluding hydrogens is 278 g/mol. The van der Waals surface area contributed by atoms with Crippen molar-refractivity contribution in [3.63, 3.8) is 0 Å². The van der Waals surface area contributed by atoms with Crippen molar-refractivity contribution in [3.05, 3.63) is 15.6 Å². The fraction of sp³-hybridized carbons (Fsp3) is 0.615. The first-order valence-corrected chi connectivity index (χ1v) is 7.51. The van der Waals surface area contributed by atoms with Crippen LogP contribution in [0.1, 0.15) is 46.6 Å². The number of carbonyl (C=O) groups is 2. The number of rotatable bonds is 6. The topological polar surface area (TPSA) is 91.3 Å². The maximum atomic E-state index is 11.7. The summed E-state index contributed by atoms with van der Waals surface area (Å²) in [6, 6.07) is -0.0713. The Kier molecular flexibility index (Phi) is 4.59. The molecule has 2 amide bonds. The summed E-state index contributed by atoms with van der Waals surface area (Å²) in [5.74, 6) is -0.209. The molecule has 1 aromatic heterocycles. The van der Waals surface area contributed by atoms with E-state index in [0.717, 1.165) is 23.7 Å². The first-order chi connectivity index (χ1) is 9.45.